The number of nitrogens with zero attached hydrogens (tertiary/aromatic N) is 2. The van der Waals surface area contributed by atoms with Gasteiger partial charge >= 0.3 is 12.1 Å². The number of ether oxygens (including phenoxy) is 1. The number of para-hydroxylation sites is 1. The first-order valence-corrected chi connectivity index (χ1v) is 7.12. The van der Waals surface area contributed by atoms with E-state index < -0.39 is 24.3 Å². The monoisotopic (exact) mass is 331 g/mol. The molecule has 1 heterocycles. The smallest absolute Gasteiger partial charge is 0.431 e. The van der Waals surface area contributed by atoms with Crippen molar-refractivity contribution in [2.45, 2.75) is 19.5 Å². The molecule has 0 aliphatic rings. The molecule has 0 aliphatic carbocycles. The highest BCUT2D eigenvalue weighted by Crippen LogP contribution is 2.26. The van der Waals surface area contributed by atoms with Crippen molar-refractivity contribution in [3.8, 4) is 0 Å². The summed E-state index contributed by atoms with van der Waals surface area (Å²) in [6, 6.07) is 7.11. The van der Waals surface area contributed by atoms with Crippen LogP contribution in [0, 0.1) is 0 Å². The molecule has 0 aliphatic heterocycles. The third-order valence-corrected chi connectivity index (χ3v) is 3.47. The van der Waals surface area contributed by atoms with Gasteiger partial charge in [0.2, 0.25) is 5.13 Å². The van der Waals surface area contributed by atoms with Gasteiger partial charge in [0.15, 0.2) is 5.71 Å². The topological polar surface area (TPSA) is 63.6 Å². The highest BCUT2D eigenvalue weighted by Gasteiger charge is 2.37. The maximum atomic E-state index is 12.8. The van der Waals surface area contributed by atoms with Gasteiger partial charge in [0.05, 0.1) is 23.2 Å². The van der Waals surface area contributed by atoms with Crippen LogP contribution >= 0.6 is 11.3 Å². The number of hydrazone groups is 1. The van der Waals surface area contributed by atoms with E-state index in [1.54, 1.807) is 24.3 Å². The summed E-state index contributed by atoms with van der Waals surface area (Å²) in [5, 5.41) is 3.49. The molecule has 0 fully saturated rings. The molecule has 0 atom stereocenters. The van der Waals surface area contributed by atoms with E-state index in [-0.39, 0.29) is 11.7 Å². The number of alkyl halides is 3. The highest BCUT2D eigenvalue weighted by atomic mass is 32.1. The molecule has 22 heavy (non-hydrogen) atoms. The Bertz CT molecular complexity index is 664. The van der Waals surface area contributed by atoms with Crippen LogP contribution in [0.4, 0.5) is 18.3 Å². The van der Waals surface area contributed by atoms with Gasteiger partial charge in [-0.15, -0.1) is 0 Å². The Morgan fingerprint density at radius 2 is 2.14 bits per heavy atom. The van der Waals surface area contributed by atoms with Crippen molar-refractivity contribution in [1.82, 2.24) is 4.98 Å². The van der Waals surface area contributed by atoms with Crippen molar-refractivity contribution in [3.63, 3.8) is 0 Å². The molecule has 9 heteroatoms. The zero-order chi connectivity index (χ0) is 16.2. The lowest BCUT2D eigenvalue weighted by molar-refractivity contribution is -0.142. The molecular formula is C13H12F3N3O2S. The third kappa shape index (κ3) is 4.17. The lowest BCUT2D eigenvalue weighted by atomic mass is 10.2. The fraction of sp³-hybridized carbons (Fsp3) is 0.308. The molecule has 2 aromatic rings. The molecule has 1 aromatic heterocycles. The molecule has 0 saturated carbocycles. The molecule has 118 valence electrons. The molecule has 0 unspecified atom stereocenters. The quantitative estimate of drug-likeness (QED) is 0.517. The van der Waals surface area contributed by atoms with E-state index in [1.165, 1.54) is 18.3 Å². The van der Waals surface area contributed by atoms with Gasteiger partial charge in [0, 0.05) is 0 Å². The number of carbonyl (C=O) groups is 1. The van der Waals surface area contributed by atoms with Crippen LogP contribution in [0.3, 0.4) is 0 Å². The van der Waals surface area contributed by atoms with Crippen LogP contribution in [0.15, 0.2) is 29.4 Å². The highest BCUT2D eigenvalue weighted by molar-refractivity contribution is 7.22. The number of hydrogen-bond acceptors (Lipinski definition) is 6. The van der Waals surface area contributed by atoms with Crippen molar-refractivity contribution < 1.29 is 22.7 Å². The van der Waals surface area contributed by atoms with E-state index in [9.17, 15) is 18.0 Å². The Hall–Kier alpha value is -2.16. The Labute approximate surface area is 127 Å². The SMILES string of the molecule is CCOC(=O)C/C(=N/Nc1nc2ccccc2s1)C(F)(F)F. The number of hydrogen-bond donors (Lipinski definition) is 1. The van der Waals surface area contributed by atoms with Crippen molar-refractivity contribution >= 4 is 38.4 Å². The minimum absolute atomic E-state index is 0.00920. The Balaban J connectivity index is 2.16. The van der Waals surface area contributed by atoms with Gasteiger partial charge in [-0.2, -0.15) is 18.3 Å². The van der Waals surface area contributed by atoms with E-state index in [1.807, 2.05) is 0 Å². The second-order valence-electron chi connectivity index (χ2n) is 4.14. The molecule has 0 bridgehead atoms. The molecule has 0 radical (unpaired) electrons. The number of thiazole rings is 1. The minimum Gasteiger partial charge on any atom is -0.466 e. The fourth-order valence-corrected chi connectivity index (χ4v) is 2.40. The molecular weight excluding hydrogens is 319 g/mol. The summed E-state index contributed by atoms with van der Waals surface area (Å²) >= 11 is 1.17. The number of anilines is 1. The summed E-state index contributed by atoms with van der Waals surface area (Å²) in [5.74, 6) is -0.982. The largest absolute Gasteiger partial charge is 0.466 e. The number of nitrogens with one attached hydrogen (secondary N) is 1. The number of halogens is 3. The van der Waals surface area contributed by atoms with E-state index >= 15 is 0 Å². The first kappa shape index (κ1) is 16.2. The van der Waals surface area contributed by atoms with Crippen molar-refractivity contribution in [1.29, 1.82) is 0 Å². The van der Waals surface area contributed by atoms with Crippen molar-refractivity contribution in [2.75, 3.05) is 12.0 Å². The van der Waals surface area contributed by atoms with Gasteiger partial charge in [-0.1, -0.05) is 23.5 Å². The van der Waals surface area contributed by atoms with Gasteiger partial charge < -0.3 is 4.74 Å². The van der Waals surface area contributed by atoms with Gasteiger partial charge in [0.1, 0.15) is 0 Å². The molecule has 5 nitrogen and oxygen atoms in total. The molecule has 0 spiro atoms. The van der Waals surface area contributed by atoms with Crippen LogP contribution in [0.2, 0.25) is 0 Å². The summed E-state index contributed by atoms with van der Waals surface area (Å²) in [6.45, 7) is 1.52. The standard InChI is InChI=1S/C13H12F3N3O2S/c1-2-21-11(20)7-10(13(14,15)16)18-19-12-17-8-5-3-4-6-9(8)22-12/h3-6H,2,7H2,1H3,(H,17,19)/b18-10-. The molecule has 0 amide bonds. The van der Waals surface area contributed by atoms with Crippen LogP contribution in [0.1, 0.15) is 13.3 Å². The maximum absolute atomic E-state index is 12.8. The Morgan fingerprint density at radius 1 is 1.41 bits per heavy atom. The summed E-state index contributed by atoms with van der Waals surface area (Å²) in [4.78, 5) is 15.3. The number of carbonyl (C=O) groups excluding carboxylic acids is 1. The first-order valence-electron chi connectivity index (χ1n) is 6.31. The van der Waals surface area contributed by atoms with Crippen LogP contribution in [-0.2, 0) is 9.53 Å². The third-order valence-electron chi connectivity index (χ3n) is 2.52. The van der Waals surface area contributed by atoms with E-state index in [0.717, 1.165) is 4.70 Å². The zero-order valence-corrected chi connectivity index (χ0v) is 12.3. The van der Waals surface area contributed by atoms with E-state index in [0.29, 0.717) is 5.52 Å². The maximum Gasteiger partial charge on any atom is 0.431 e. The van der Waals surface area contributed by atoms with E-state index in [2.05, 4.69) is 20.2 Å². The number of fused-ring (bicyclic) bond motifs is 1. The average Bonchev–Trinajstić information content (AvgIpc) is 2.85. The summed E-state index contributed by atoms with van der Waals surface area (Å²) < 4.78 is 43.8. The van der Waals surface area contributed by atoms with Crippen LogP contribution < -0.4 is 5.43 Å². The fourth-order valence-electron chi connectivity index (χ4n) is 1.59. The number of rotatable bonds is 5. The summed E-state index contributed by atoms with van der Waals surface area (Å²) in [5.41, 5.74) is 1.65. The first-order chi connectivity index (χ1) is 10.4. The molecule has 1 N–H and O–H groups in total. The zero-order valence-electron chi connectivity index (χ0n) is 11.5. The lowest BCUT2D eigenvalue weighted by Gasteiger charge is -2.09. The molecule has 1 aromatic carbocycles. The van der Waals surface area contributed by atoms with Crippen LogP contribution in [0.5, 0.6) is 0 Å². The number of aromatic nitrogens is 1. The number of benzene rings is 1. The summed E-state index contributed by atoms with van der Waals surface area (Å²) in [6.07, 6.45) is -5.67. The molecule has 0 saturated heterocycles. The Morgan fingerprint density at radius 3 is 2.77 bits per heavy atom. The van der Waals surface area contributed by atoms with Crippen LogP contribution in [-0.4, -0.2) is 29.4 Å². The second-order valence-corrected chi connectivity index (χ2v) is 5.17. The van der Waals surface area contributed by atoms with E-state index in [4.69, 9.17) is 0 Å². The average molecular weight is 331 g/mol. The lowest BCUT2D eigenvalue weighted by Crippen LogP contribution is -2.27. The van der Waals surface area contributed by atoms with Crippen LogP contribution in [0.25, 0.3) is 10.2 Å². The minimum atomic E-state index is -4.73. The normalized spacial score (nSPS) is 12.5. The Kier molecular flexibility index (Phi) is 4.96. The van der Waals surface area contributed by atoms with Gasteiger partial charge in [-0.05, 0) is 19.1 Å². The van der Waals surface area contributed by atoms with Gasteiger partial charge in [-0.25, -0.2) is 4.98 Å². The predicted octanol–water partition coefficient (Wildman–Crippen LogP) is 3.58. The van der Waals surface area contributed by atoms with Crippen molar-refractivity contribution in [2.24, 2.45) is 5.10 Å². The molecule has 2 rings (SSSR count). The number of esters is 1. The predicted molar refractivity (Wildman–Crippen MR) is 78.0 cm³/mol. The second kappa shape index (κ2) is 6.73. The summed E-state index contributed by atoms with van der Waals surface area (Å²) in [7, 11) is 0. The van der Waals surface area contributed by atoms with Crippen molar-refractivity contribution in [3.05, 3.63) is 24.3 Å². The van der Waals surface area contributed by atoms with Gasteiger partial charge in [-0.3, -0.25) is 10.2 Å². The van der Waals surface area contributed by atoms with Gasteiger partial charge in [0.25, 0.3) is 0 Å².